The van der Waals surface area contributed by atoms with Crippen LogP contribution in [-0.4, -0.2) is 28.6 Å². The van der Waals surface area contributed by atoms with Gasteiger partial charge in [0, 0.05) is 31.6 Å². The predicted molar refractivity (Wildman–Crippen MR) is 105 cm³/mol. The second-order valence-corrected chi connectivity index (χ2v) is 8.20. The van der Waals surface area contributed by atoms with Gasteiger partial charge in [-0.2, -0.15) is 8.78 Å². The minimum Gasteiger partial charge on any atom is -0.481 e. The van der Waals surface area contributed by atoms with E-state index in [0.29, 0.717) is 32.1 Å². The maximum atomic E-state index is 14.0. The Bertz CT molecular complexity index is 505. The summed E-state index contributed by atoms with van der Waals surface area (Å²) in [5.41, 5.74) is 0. The van der Waals surface area contributed by atoms with Crippen molar-refractivity contribution in [1.82, 2.24) is 0 Å². The molecule has 4 nitrogen and oxygen atoms in total. The fraction of sp³-hybridized carbons (Fsp3) is 0.864. The molecule has 1 unspecified atom stereocenters. The first-order valence-electron chi connectivity index (χ1n) is 10.9. The molecule has 0 saturated heterocycles. The van der Waals surface area contributed by atoms with Gasteiger partial charge in [-0.25, -0.2) is 0 Å². The fourth-order valence-electron chi connectivity index (χ4n) is 4.13. The Kier molecular flexibility index (Phi) is 11.5. The lowest BCUT2D eigenvalue weighted by molar-refractivity contribution is -0.144. The van der Waals surface area contributed by atoms with Crippen molar-refractivity contribution < 1.29 is 28.3 Å². The largest absolute Gasteiger partial charge is 0.481 e. The maximum Gasteiger partial charge on any atom is 0.305 e. The molecule has 0 aromatic heterocycles. The van der Waals surface area contributed by atoms with Crippen molar-refractivity contribution in [2.45, 2.75) is 109 Å². The molecule has 28 heavy (non-hydrogen) atoms. The third-order valence-corrected chi connectivity index (χ3v) is 5.89. The molecule has 1 aliphatic rings. The molecule has 1 rings (SSSR count). The number of unbranched alkanes of at least 4 members (excludes halogenated alkanes) is 6. The predicted octanol–water partition coefficient (Wildman–Crippen LogP) is 5.96. The Morgan fingerprint density at radius 3 is 2.36 bits per heavy atom. The van der Waals surface area contributed by atoms with E-state index in [0.717, 1.165) is 44.9 Å². The number of hydrogen-bond acceptors (Lipinski definition) is 3. The average molecular weight is 403 g/mol. The number of alkyl halides is 2. The molecular formula is C22H36F2O4. The summed E-state index contributed by atoms with van der Waals surface area (Å²) in [6.45, 7) is 2.01. The zero-order valence-electron chi connectivity index (χ0n) is 17.2. The summed E-state index contributed by atoms with van der Waals surface area (Å²) in [6, 6.07) is 0. The molecular weight excluding hydrogens is 366 g/mol. The number of carbonyl (C=O) groups excluding carboxylic acids is 2. The van der Waals surface area contributed by atoms with Gasteiger partial charge in [-0.3, -0.25) is 14.4 Å². The second kappa shape index (κ2) is 13.0. The number of Topliss-reactive ketones (excluding diaryl/α,β-unsaturated/α-hetero) is 2. The molecule has 1 fully saturated rings. The second-order valence-electron chi connectivity index (χ2n) is 8.20. The molecule has 0 heterocycles. The molecule has 0 spiro atoms. The third kappa shape index (κ3) is 9.24. The quantitative estimate of drug-likeness (QED) is 0.323. The first-order valence-corrected chi connectivity index (χ1v) is 10.9. The number of rotatable bonds is 16. The van der Waals surface area contributed by atoms with Gasteiger partial charge in [-0.15, -0.1) is 0 Å². The zero-order chi connectivity index (χ0) is 21.0. The van der Waals surface area contributed by atoms with E-state index in [4.69, 9.17) is 5.11 Å². The molecule has 0 radical (unpaired) electrons. The van der Waals surface area contributed by atoms with Gasteiger partial charge in [0.2, 0.25) is 5.78 Å². The van der Waals surface area contributed by atoms with Gasteiger partial charge in [-0.05, 0) is 38.0 Å². The van der Waals surface area contributed by atoms with Gasteiger partial charge in [0.05, 0.1) is 0 Å². The van der Waals surface area contributed by atoms with Crippen molar-refractivity contribution in [3.8, 4) is 0 Å². The summed E-state index contributed by atoms with van der Waals surface area (Å²) >= 11 is 0. The van der Waals surface area contributed by atoms with Crippen LogP contribution in [0.1, 0.15) is 103 Å². The molecule has 0 aliphatic heterocycles. The number of carboxylic acid groups (broad SMARTS) is 1. The van der Waals surface area contributed by atoms with Crippen LogP contribution >= 0.6 is 0 Å². The van der Waals surface area contributed by atoms with Crippen LogP contribution < -0.4 is 0 Å². The minimum absolute atomic E-state index is 0.0337. The maximum absolute atomic E-state index is 14.0. The van der Waals surface area contributed by atoms with E-state index >= 15 is 0 Å². The third-order valence-electron chi connectivity index (χ3n) is 5.89. The first-order chi connectivity index (χ1) is 13.3. The Morgan fingerprint density at radius 2 is 1.68 bits per heavy atom. The molecule has 162 valence electrons. The standard InChI is InChI=1S/C22H36F2O4/c1-2-3-4-9-16-22(23,24)20(26)15-13-17-12-14-19(25)18(17)10-7-5-6-8-11-21(27)28/h17-18H,2-16H2,1H3,(H,27,28)/t17-,18?/m1/s1. The van der Waals surface area contributed by atoms with Crippen molar-refractivity contribution in [3.05, 3.63) is 0 Å². The van der Waals surface area contributed by atoms with Gasteiger partial charge >= 0.3 is 11.9 Å². The summed E-state index contributed by atoms with van der Waals surface area (Å²) in [5.74, 6) is -4.91. The fourth-order valence-corrected chi connectivity index (χ4v) is 4.13. The molecule has 0 bridgehead atoms. The van der Waals surface area contributed by atoms with Crippen molar-refractivity contribution in [3.63, 3.8) is 0 Å². The average Bonchev–Trinajstić information content (AvgIpc) is 2.99. The molecule has 2 atom stereocenters. The highest BCUT2D eigenvalue weighted by Crippen LogP contribution is 2.37. The van der Waals surface area contributed by atoms with E-state index in [1.165, 1.54) is 0 Å². The highest BCUT2D eigenvalue weighted by atomic mass is 19.3. The van der Waals surface area contributed by atoms with E-state index in [-0.39, 0.29) is 36.9 Å². The molecule has 1 aliphatic carbocycles. The van der Waals surface area contributed by atoms with Gasteiger partial charge in [0.15, 0.2) is 0 Å². The molecule has 0 aromatic carbocycles. The van der Waals surface area contributed by atoms with Crippen LogP contribution in [0.5, 0.6) is 0 Å². The van der Waals surface area contributed by atoms with Crippen molar-refractivity contribution in [2.75, 3.05) is 0 Å². The van der Waals surface area contributed by atoms with E-state index in [1.807, 2.05) is 6.92 Å². The number of carboxylic acids is 1. The highest BCUT2D eigenvalue weighted by Gasteiger charge is 2.39. The van der Waals surface area contributed by atoms with Crippen molar-refractivity contribution in [2.24, 2.45) is 11.8 Å². The van der Waals surface area contributed by atoms with Gasteiger partial charge in [-0.1, -0.05) is 45.4 Å². The smallest absolute Gasteiger partial charge is 0.305 e. The summed E-state index contributed by atoms with van der Waals surface area (Å²) in [7, 11) is 0. The van der Waals surface area contributed by atoms with Crippen LogP contribution in [0.2, 0.25) is 0 Å². The van der Waals surface area contributed by atoms with Crippen molar-refractivity contribution >= 4 is 17.5 Å². The molecule has 0 amide bonds. The first kappa shape index (κ1) is 24.7. The Morgan fingerprint density at radius 1 is 1.00 bits per heavy atom. The summed E-state index contributed by atoms with van der Waals surface area (Å²) < 4.78 is 28.0. The van der Waals surface area contributed by atoms with Gasteiger partial charge < -0.3 is 5.11 Å². The molecule has 1 saturated carbocycles. The number of carbonyl (C=O) groups is 3. The number of hydrogen-bond donors (Lipinski definition) is 1. The summed E-state index contributed by atoms with van der Waals surface area (Å²) in [6.07, 6.45) is 8.08. The SMILES string of the molecule is CCCCCCC(F)(F)C(=O)CC[C@H]1CCC(=O)C1CCCCCCC(=O)O. The highest BCUT2D eigenvalue weighted by molar-refractivity contribution is 5.86. The normalized spacial score (nSPS) is 19.9. The number of aliphatic carboxylic acids is 1. The lowest BCUT2D eigenvalue weighted by Gasteiger charge is -2.20. The Labute approximate surface area is 167 Å². The Hall–Kier alpha value is -1.33. The van der Waals surface area contributed by atoms with E-state index in [2.05, 4.69) is 0 Å². The van der Waals surface area contributed by atoms with E-state index < -0.39 is 17.7 Å². The van der Waals surface area contributed by atoms with Gasteiger partial charge in [0.1, 0.15) is 5.78 Å². The number of ketones is 2. The van der Waals surface area contributed by atoms with Crippen LogP contribution in [0.25, 0.3) is 0 Å². The molecule has 0 aromatic rings. The van der Waals surface area contributed by atoms with E-state index in [1.54, 1.807) is 0 Å². The Balaban J connectivity index is 2.33. The van der Waals surface area contributed by atoms with E-state index in [9.17, 15) is 23.2 Å². The molecule has 6 heteroatoms. The van der Waals surface area contributed by atoms with Crippen LogP contribution in [0.15, 0.2) is 0 Å². The van der Waals surface area contributed by atoms with Crippen LogP contribution in [0.3, 0.4) is 0 Å². The van der Waals surface area contributed by atoms with Crippen molar-refractivity contribution in [1.29, 1.82) is 0 Å². The van der Waals surface area contributed by atoms with Gasteiger partial charge in [0.25, 0.3) is 0 Å². The summed E-state index contributed by atoms with van der Waals surface area (Å²) in [5, 5.41) is 8.62. The minimum atomic E-state index is -3.24. The lowest BCUT2D eigenvalue weighted by Crippen LogP contribution is -2.29. The summed E-state index contributed by atoms with van der Waals surface area (Å²) in [4.78, 5) is 34.6. The van der Waals surface area contributed by atoms with Crippen LogP contribution in [0.4, 0.5) is 8.78 Å². The number of halogens is 2. The van der Waals surface area contributed by atoms with Crippen LogP contribution in [-0.2, 0) is 14.4 Å². The monoisotopic (exact) mass is 402 g/mol. The van der Waals surface area contributed by atoms with Crippen LogP contribution in [0, 0.1) is 11.8 Å². The zero-order valence-corrected chi connectivity index (χ0v) is 17.2. The topological polar surface area (TPSA) is 71.4 Å². The lowest BCUT2D eigenvalue weighted by atomic mass is 9.85. The molecule has 1 N–H and O–H groups in total.